The number of benzene rings is 2. The van der Waals surface area contributed by atoms with Crippen LogP contribution in [0.1, 0.15) is 53.5 Å². The molecule has 0 aliphatic carbocycles. The lowest BCUT2D eigenvalue weighted by Crippen LogP contribution is -2.48. The van der Waals surface area contributed by atoms with Crippen LogP contribution in [0.15, 0.2) is 54.7 Å². The van der Waals surface area contributed by atoms with Crippen LogP contribution in [0.5, 0.6) is 0 Å². The summed E-state index contributed by atoms with van der Waals surface area (Å²) in [5, 5.41) is 11.4. The molecule has 0 saturated carbocycles. The Morgan fingerprint density at radius 1 is 1.19 bits per heavy atom. The number of hydrogen-bond donors (Lipinski definition) is 2. The number of pyridine rings is 1. The monoisotopic (exact) mass is 545 g/mol. The van der Waals surface area contributed by atoms with Gasteiger partial charge in [-0.3, -0.25) is 19.5 Å². The number of carbonyl (C=O) groups is 2. The number of halogens is 3. The molecule has 10 heteroatoms. The van der Waals surface area contributed by atoms with Gasteiger partial charge in [0.2, 0.25) is 5.91 Å². The second-order valence-electron chi connectivity index (χ2n) is 9.56. The zero-order chi connectivity index (χ0) is 27.1. The number of fused-ring (bicyclic) bond motifs is 1. The molecule has 0 bridgehead atoms. The number of carbonyl (C=O) groups excluding carboxylic acids is 2. The van der Waals surface area contributed by atoms with Gasteiger partial charge in [0.1, 0.15) is 5.82 Å². The molecule has 0 fully saturated rings. The standard InChI is InChI=1S/C27H26Cl2FN3O4/c1-15(24(31)34)14-37-27(16-4-6-18(28)7-5-16)23-21(10-17(11-22(23)30)26(2,3)36)25(35)33(27)13-20-9-8-19(29)12-32-20/h4-12,15,36H,13-14H2,1-3H3,(H2,31,34)/t15?,27-/m1/s1. The van der Waals surface area contributed by atoms with E-state index in [-0.39, 0.29) is 29.8 Å². The van der Waals surface area contributed by atoms with E-state index >= 15 is 4.39 Å². The van der Waals surface area contributed by atoms with Crippen LogP contribution in [0.2, 0.25) is 10.0 Å². The van der Waals surface area contributed by atoms with Crippen molar-refractivity contribution < 1.29 is 23.8 Å². The Hall–Kier alpha value is -3.04. The molecule has 2 atom stereocenters. The van der Waals surface area contributed by atoms with Crippen LogP contribution >= 0.6 is 23.2 Å². The maximum atomic E-state index is 16.0. The number of hydrogen-bond acceptors (Lipinski definition) is 5. The summed E-state index contributed by atoms with van der Waals surface area (Å²) in [7, 11) is 0. The van der Waals surface area contributed by atoms with E-state index in [2.05, 4.69) is 4.98 Å². The zero-order valence-electron chi connectivity index (χ0n) is 20.5. The molecule has 3 aromatic rings. The van der Waals surface area contributed by atoms with E-state index in [4.69, 9.17) is 33.7 Å². The predicted octanol–water partition coefficient (Wildman–Crippen LogP) is 4.75. The fourth-order valence-corrected chi connectivity index (χ4v) is 4.52. The molecule has 2 heterocycles. The number of ether oxygens (including phenoxy) is 1. The smallest absolute Gasteiger partial charge is 0.257 e. The SMILES string of the molecule is CC(CO[C@]1(c2ccc(Cl)cc2)c2c(F)cc(C(C)(C)O)cc2C(=O)N1Cc1ccc(Cl)cn1)C(N)=O. The van der Waals surface area contributed by atoms with Crippen LogP contribution in [-0.4, -0.2) is 33.4 Å². The second kappa shape index (κ2) is 10.0. The highest BCUT2D eigenvalue weighted by molar-refractivity contribution is 6.30. The lowest BCUT2D eigenvalue weighted by molar-refractivity contribution is -0.138. The molecule has 1 aromatic heterocycles. The predicted molar refractivity (Wildman–Crippen MR) is 137 cm³/mol. The van der Waals surface area contributed by atoms with Crippen molar-refractivity contribution >= 4 is 35.0 Å². The Labute approximate surface area is 224 Å². The van der Waals surface area contributed by atoms with Gasteiger partial charge in [-0.25, -0.2) is 4.39 Å². The Morgan fingerprint density at radius 3 is 2.41 bits per heavy atom. The highest BCUT2D eigenvalue weighted by Crippen LogP contribution is 2.48. The van der Waals surface area contributed by atoms with Crippen molar-refractivity contribution in [3.8, 4) is 0 Å². The van der Waals surface area contributed by atoms with Crippen LogP contribution in [0.25, 0.3) is 0 Å². The van der Waals surface area contributed by atoms with Gasteiger partial charge in [0, 0.05) is 16.8 Å². The van der Waals surface area contributed by atoms with Crippen molar-refractivity contribution in [2.24, 2.45) is 11.7 Å². The summed E-state index contributed by atoms with van der Waals surface area (Å²) in [6, 6.07) is 12.4. The summed E-state index contributed by atoms with van der Waals surface area (Å²) >= 11 is 12.1. The molecular weight excluding hydrogens is 520 g/mol. The molecule has 4 rings (SSSR count). The molecule has 7 nitrogen and oxygen atoms in total. The number of nitrogens with zero attached hydrogens (tertiary/aromatic N) is 2. The van der Waals surface area contributed by atoms with Crippen LogP contribution in [-0.2, 0) is 27.4 Å². The van der Waals surface area contributed by atoms with Crippen molar-refractivity contribution in [3.05, 3.63) is 98.5 Å². The van der Waals surface area contributed by atoms with Gasteiger partial charge in [0.15, 0.2) is 5.72 Å². The van der Waals surface area contributed by atoms with Crippen LogP contribution in [0.3, 0.4) is 0 Å². The van der Waals surface area contributed by atoms with Gasteiger partial charge in [-0.05, 0) is 55.8 Å². The second-order valence-corrected chi connectivity index (χ2v) is 10.4. The fraction of sp³-hybridized carbons (Fsp3) is 0.296. The van der Waals surface area contributed by atoms with Crippen molar-refractivity contribution in [2.75, 3.05) is 6.61 Å². The summed E-state index contributed by atoms with van der Waals surface area (Å²) < 4.78 is 22.4. The van der Waals surface area contributed by atoms with E-state index < -0.39 is 34.9 Å². The largest absolute Gasteiger partial charge is 0.386 e. The number of aliphatic hydroxyl groups is 1. The summed E-state index contributed by atoms with van der Waals surface area (Å²) in [4.78, 5) is 31.5. The van der Waals surface area contributed by atoms with E-state index in [0.29, 0.717) is 21.3 Å². The third-order valence-corrected chi connectivity index (χ3v) is 6.84. The Morgan fingerprint density at radius 2 is 1.84 bits per heavy atom. The Bertz CT molecular complexity index is 1340. The highest BCUT2D eigenvalue weighted by Gasteiger charge is 2.55. The average molecular weight is 546 g/mol. The minimum absolute atomic E-state index is 0.0211. The van der Waals surface area contributed by atoms with Gasteiger partial charge >= 0.3 is 0 Å². The number of nitrogens with two attached hydrogens (primary N) is 1. The zero-order valence-corrected chi connectivity index (χ0v) is 22.0. The number of amides is 2. The number of rotatable bonds is 8. The Kier molecular flexibility index (Phi) is 7.32. The summed E-state index contributed by atoms with van der Waals surface area (Å²) in [5.41, 5.74) is 3.35. The molecule has 0 saturated heterocycles. The van der Waals surface area contributed by atoms with Crippen LogP contribution < -0.4 is 5.73 Å². The first-order valence-electron chi connectivity index (χ1n) is 11.5. The van der Waals surface area contributed by atoms with Crippen molar-refractivity contribution in [2.45, 2.75) is 38.6 Å². The molecule has 37 heavy (non-hydrogen) atoms. The summed E-state index contributed by atoms with van der Waals surface area (Å²) in [5.74, 6) is -2.65. The van der Waals surface area contributed by atoms with Crippen LogP contribution in [0, 0.1) is 11.7 Å². The maximum absolute atomic E-state index is 16.0. The van der Waals surface area contributed by atoms with E-state index in [1.807, 2.05) is 0 Å². The van der Waals surface area contributed by atoms with Gasteiger partial charge in [-0.15, -0.1) is 0 Å². The minimum Gasteiger partial charge on any atom is -0.386 e. The van der Waals surface area contributed by atoms with Gasteiger partial charge in [-0.1, -0.05) is 42.3 Å². The number of aromatic nitrogens is 1. The average Bonchev–Trinajstić information content (AvgIpc) is 3.07. The normalized spacial score (nSPS) is 18.1. The van der Waals surface area contributed by atoms with E-state index in [9.17, 15) is 14.7 Å². The molecule has 1 unspecified atom stereocenters. The molecule has 1 aliphatic heterocycles. The summed E-state index contributed by atoms with van der Waals surface area (Å²) in [6.45, 7) is 4.30. The van der Waals surface area contributed by atoms with Gasteiger partial charge in [0.05, 0.1) is 46.5 Å². The van der Waals surface area contributed by atoms with Gasteiger partial charge in [0.25, 0.3) is 5.91 Å². The molecule has 0 radical (unpaired) electrons. The molecule has 0 spiro atoms. The maximum Gasteiger partial charge on any atom is 0.257 e. The van der Waals surface area contributed by atoms with E-state index in [1.165, 1.54) is 37.1 Å². The Balaban J connectivity index is 1.99. The molecule has 2 amide bonds. The molecular formula is C27H26Cl2FN3O4. The first-order chi connectivity index (χ1) is 17.3. The third kappa shape index (κ3) is 5.07. The van der Waals surface area contributed by atoms with Crippen molar-refractivity contribution in [1.29, 1.82) is 0 Å². The van der Waals surface area contributed by atoms with Crippen molar-refractivity contribution in [3.63, 3.8) is 0 Å². The third-order valence-electron chi connectivity index (χ3n) is 6.36. The first kappa shape index (κ1) is 27.0. The topological polar surface area (TPSA) is 106 Å². The number of primary amides is 1. The lowest BCUT2D eigenvalue weighted by Gasteiger charge is -2.40. The molecule has 3 N–H and O–H groups in total. The van der Waals surface area contributed by atoms with Gasteiger partial charge < -0.3 is 15.6 Å². The first-order valence-corrected chi connectivity index (χ1v) is 12.3. The van der Waals surface area contributed by atoms with Gasteiger partial charge in [-0.2, -0.15) is 0 Å². The molecule has 1 aliphatic rings. The minimum atomic E-state index is -1.79. The quantitative estimate of drug-likeness (QED) is 0.424. The van der Waals surface area contributed by atoms with Crippen LogP contribution in [0.4, 0.5) is 4.39 Å². The lowest BCUT2D eigenvalue weighted by atomic mass is 9.88. The van der Waals surface area contributed by atoms with E-state index in [1.54, 1.807) is 43.3 Å². The van der Waals surface area contributed by atoms with Crippen molar-refractivity contribution in [1.82, 2.24) is 9.88 Å². The fourth-order valence-electron chi connectivity index (χ4n) is 4.28. The molecule has 2 aromatic carbocycles. The summed E-state index contributed by atoms with van der Waals surface area (Å²) in [6.07, 6.45) is 1.44. The highest BCUT2D eigenvalue weighted by atomic mass is 35.5. The van der Waals surface area contributed by atoms with E-state index in [0.717, 1.165) is 0 Å². The molecule has 194 valence electrons.